The molecule has 0 bridgehead atoms. The first-order chi connectivity index (χ1) is 8.50. The fourth-order valence-electron chi connectivity index (χ4n) is 1.85. The summed E-state index contributed by atoms with van der Waals surface area (Å²) in [7, 11) is 0. The molecule has 0 radical (unpaired) electrons. The third-order valence-electron chi connectivity index (χ3n) is 3.21. The van der Waals surface area contributed by atoms with Gasteiger partial charge in [-0.2, -0.15) is 0 Å². The number of hydrogen-bond donors (Lipinski definition) is 1. The van der Waals surface area contributed by atoms with Gasteiger partial charge in [0, 0.05) is 6.61 Å². The molecule has 1 N–H and O–H groups in total. The van der Waals surface area contributed by atoms with Gasteiger partial charge in [0.05, 0.1) is 12.0 Å². The summed E-state index contributed by atoms with van der Waals surface area (Å²) < 4.78 is 10.4. The van der Waals surface area contributed by atoms with Gasteiger partial charge >= 0.3 is 6.16 Å². The van der Waals surface area contributed by atoms with E-state index in [0.29, 0.717) is 13.2 Å². The second-order valence-electron chi connectivity index (χ2n) is 4.45. The van der Waals surface area contributed by atoms with Crippen LogP contribution in [0.3, 0.4) is 0 Å². The summed E-state index contributed by atoms with van der Waals surface area (Å²) in [5, 5.41) is 8.76. The molecule has 18 heavy (non-hydrogen) atoms. The molecule has 1 rings (SSSR count). The van der Waals surface area contributed by atoms with E-state index in [9.17, 15) is 4.79 Å². The minimum Gasteiger partial charge on any atom is -0.450 e. The maximum atomic E-state index is 10.7. The molecule has 100 valence electrons. The van der Waals surface area contributed by atoms with Crippen LogP contribution in [-0.4, -0.2) is 30.6 Å². The number of rotatable bonds is 6. The van der Waals surface area contributed by atoms with Crippen molar-refractivity contribution in [2.45, 2.75) is 32.3 Å². The molecular formula is C14H20O4. The van der Waals surface area contributed by atoms with Gasteiger partial charge in [-0.3, -0.25) is 0 Å². The van der Waals surface area contributed by atoms with E-state index in [4.69, 9.17) is 14.6 Å². The molecule has 4 nitrogen and oxygen atoms in total. The first kappa shape index (κ1) is 14.5. The van der Waals surface area contributed by atoms with Crippen molar-refractivity contribution >= 4 is 6.16 Å². The molecule has 0 aliphatic carbocycles. The van der Waals surface area contributed by atoms with Crippen LogP contribution >= 0.6 is 0 Å². The lowest BCUT2D eigenvalue weighted by molar-refractivity contribution is -0.00856. The molecule has 2 atom stereocenters. The van der Waals surface area contributed by atoms with Crippen LogP contribution in [0.2, 0.25) is 0 Å². The minimum absolute atomic E-state index is 0.419. The highest BCUT2D eigenvalue weighted by molar-refractivity contribution is 5.57. The van der Waals surface area contributed by atoms with Gasteiger partial charge in [0.25, 0.3) is 0 Å². The topological polar surface area (TPSA) is 55.8 Å². The summed E-state index contributed by atoms with van der Waals surface area (Å²) >= 11 is 0. The minimum atomic E-state index is -1.26. The number of hydrogen-bond acceptors (Lipinski definition) is 3. The Morgan fingerprint density at radius 2 is 2.00 bits per heavy atom. The van der Waals surface area contributed by atoms with E-state index in [-0.39, 0.29) is 0 Å². The quantitative estimate of drug-likeness (QED) is 0.790. The van der Waals surface area contributed by atoms with Gasteiger partial charge in [-0.25, -0.2) is 4.79 Å². The number of benzene rings is 1. The molecule has 0 saturated carbocycles. The van der Waals surface area contributed by atoms with Crippen LogP contribution in [0.1, 0.15) is 26.3 Å². The number of carboxylic acid groups (broad SMARTS) is 1. The first-order valence-corrected chi connectivity index (χ1v) is 6.03. The monoisotopic (exact) mass is 252 g/mol. The standard InChI is InChI=1S/C14H20O4/c1-4-17-10-14(3,11(2)18-13(15)16)12-8-6-5-7-9-12/h5-9,11H,4,10H2,1-3H3,(H,15,16). The maximum absolute atomic E-state index is 10.7. The summed E-state index contributed by atoms with van der Waals surface area (Å²) in [6, 6.07) is 9.69. The molecular weight excluding hydrogens is 232 g/mol. The molecule has 0 spiro atoms. The molecule has 0 aromatic heterocycles. The molecule has 1 aromatic rings. The Morgan fingerprint density at radius 1 is 1.39 bits per heavy atom. The number of carbonyl (C=O) groups is 1. The second-order valence-corrected chi connectivity index (χ2v) is 4.45. The Hall–Kier alpha value is -1.55. The molecule has 2 unspecified atom stereocenters. The zero-order valence-corrected chi connectivity index (χ0v) is 11.1. The van der Waals surface area contributed by atoms with Crippen molar-refractivity contribution < 1.29 is 19.4 Å². The lowest BCUT2D eigenvalue weighted by atomic mass is 9.78. The number of ether oxygens (including phenoxy) is 2. The summed E-state index contributed by atoms with van der Waals surface area (Å²) in [5.74, 6) is 0. The van der Waals surface area contributed by atoms with Crippen molar-refractivity contribution in [3.63, 3.8) is 0 Å². The average molecular weight is 252 g/mol. The zero-order chi connectivity index (χ0) is 13.6. The predicted molar refractivity (Wildman–Crippen MR) is 68.9 cm³/mol. The summed E-state index contributed by atoms with van der Waals surface area (Å²) in [6.45, 7) is 6.62. The third kappa shape index (κ3) is 3.47. The lowest BCUT2D eigenvalue weighted by Gasteiger charge is -2.34. The van der Waals surface area contributed by atoms with Crippen LogP contribution in [0.15, 0.2) is 30.3 Å². The Morgan fingerprint density at radius 3 is 2.50 bits per heavy atom. The highest BCUT2D eigenvalue weighted by atomic mass is 16.7. The molecule has 0 amide bonds. The van der Waals surface area contributed by atoms with Crippen molar-refractivity contribution in [1.82, 2.24) is 0 Å². The second kappa shape index (κ2) is 6.40. The van der Waals surface area contributed by atoms with E-state index >= 15 is 0 Å². The summed E-state index contributed by atoms with van der Waals surface area (Å²) in [5.41, 5.74) is 0.516. The fourth-order valence-corrected chi connectivity index (χ4v) is 1.85. The van der Waals surface area contributed by atoms with Gasteiger partial charge in [-0.15, -0.1) is 0 Å². The van der Waals surface area contributed by atoms with Gasteiger partial charge in [0.1, 0.15) is 6.10 Å². The van der Waals surface area contributed by atoms with Gasteiger partial charge in [0.15, 0.2) is 0 Å². The molecule has 1 aromatic carbocycles. The Labute approximate surface area is 108 Å². The highest BCUT2D eigenvalue weighted by Gasteiger charge is 2.36. The van der Waals surface area contributed by atoms with Crippen molar-refractivity contribution in [2.75, 3.05) is 13.2 Å². The van der Waals surface area contributed by atoms with Crippen LogP contribution in [0.4, 0.5) is 4.79 Å². The third-order valence-corrected chi connectivity index (χ3v) is 3.21. The van der Waals surface area contributed by atoms with Gasteiger partial charge in [-0.1, -0.05) is 30.3 Å². The molecule has 0 saturated heterocycles. The van der Waals surface area contributed by atoms with E-state index in [1.54, 1.807) is 6.92 Å². The van der Waals surface area contributed by atoms with Gasteiger partial charge in [-0.05, 0) is 26.3 Å². The van der Waals surface area contributed by atoms with Crippen molar-refractivity contribution in [1.29, 1.82) is 0 Å². The van der Waals surface area contributed by atoms with Crippen LogP contribution in [-0.2, 0) is 14.9 Å². The van der Waals surface area contributed by atoms with E-state index in [1.165, 1.54) is 0 Å². The average Bonchev–Trinajstić information content (AvgIpc) is 2.36. The zero-order valence-electron chi connectivity index (χ0n) is 11.1. The Bertz CT molecular complexity index is 377. The smallest absolute Gasteiger partial charge is 0.450 e. The van der Waals surface area contributed by atoms with Crippen LogP contribution < -0.4 is 0 Å². The maximum Gasteiger partial charge on any atom is 0.506 e. The largest absolute Gasteiger partial charge is 0.506 e. The highest BCUT2D eigenvalue weighted by Crippen LogP contribution is 2.30. The molecule has 0 heterocycles. The lowest BCUT2D eigenvalue weighted by Crippen LogP contribution is -2.42. The summed E-state index contributed by atoms with van der Waals surface area (Å²) in [6.07, 6.45) is -1.75. The van der Waals surface area contributed by atoms with E-state index < -0.39 is 17.7 Å². The molecule has 0 fully saturated rings. The molecule has 0 aliphatic heterocycles. The van der Waals surface area contributed by atoms with Crippen LogP contribution in [0, 0.1) is 0 Å². The van der Waals surface area contributed by atoms with Crippen LogP contribution in [0.25, 0.3) is 0 Å². The summed E-state index contributed by atoms with van der Waals surface area (Å²) in [4.78, 5) is 10.7. The van der Waals surface area contributed by atoms with Gasteiger partial charge in [0.2, 0.25) is 0 Å². The van der Waals surface area contributed by atoms with E-state index in [2.05, 4.69) is 0 Å². The Balaban J connectivity index is 2.98. The van der Waals surface area contributed by atoms with E-state index in [1.807, 2.05) is 44.2 Å². The Kier molecular flexibility index (Phi) is 5.16. The van der Waals surface area contributed by atoms with Crippen LogP contribution in [0.5, 0.6) is 0 Å². The van der Waals surface area contributed by atoms with Crippen molar-refractivity contribution in [3.8, 4) is 0 Å². The van der Waals surface area contributed by atoms with E-state index in [0.717, 1.165) is 5.56 Å². The first-order valence-electron chi connectivity index (χ1n) is 6.03. The normalized spacial score (nSPS) is 15.7. The van der Waals surface area contributed by atoms with Crippen molar-refractivity contribution in [2.24, 2.45) is 0 Å². The van der Waals surface area contributed by atoms with Gasteiger partial charge < -0.3 is 14.6 Å². The fraction of sp³-hybridized carbons (Fsp3) is 0.500. The SMILES string of the molecule is CCOCC(C)(c1ccccc1)C(C)OC(=O)O. The molecule has 4 heteroatoms. The van der Waals surface area contributed by atoms with Crippen molar-refractivity contribution in [3.05, 3.63) is 35.9 Å². The molecule has 0 aliphatic rings. The predicted octanol–water partition coefficient (Wildman–Crippen LogP) is 3.06.